The first-order chi connectivity index (χ1) is 18.9. The number of hydrogen-bond acceptors (Lipinski definition) is 5. The highest BCUT2D eigenvalue weighted by molar-refractivity contribution is 5.80. The van der Waals surface area contributed by atoms with Crippen LogP contribution in [0.1, 0.15) is 78.1 Å². The largest absolute Gasteiger partial charge is 0.382 e. The van der Waals surface area contributed by atoms with Crippen molar-refractivity contribution in [3.8, 4) is 0 Å². The average molecular weight is 533 g/mol. The van der Waals surface area contributed by atoms with Gasteiger partial charge < -0.3 is 20.1 Å². The normalized spacial score (nSPS) is 24.8. The highest BCUT2D eigenvalue weighted by atomic mass is 15.3. The minimum atomic E-state index is 0.382. The molecule has 0 bridgehead atoms. The second kappa shape index (κ2) is 14.3. The van der Waals surface area contributed by atoms with E-state index in [9.17, 15) is 0 Å². The van der Waals surface area contributed by atoms with Gasteiger partial charge in [-0.2, -0.15) is 0 Å². The molecule has 1 saturated heterocycles. The van der Waals surface area contributed by atoms with Gasteiger partial charge in [0.2, 0.25) is 0 Å². The maximum Gasteiger partial charge on any atom is 0.127 e. The van der Waals surface area contributed by atoms with E-state index in [0.29, 0.717) is 24.2 Å². The molecular formula is C33H52N6. The van der Waals surface area contributed by atoms with Crippen LogP contribution in [0.5, 0.6) is 0 Å². The Labute approximate surface area is 237 Å². The van der Waals surface area contributed by atoms with Crippen LogP contribution in [-0.4, -0.2) is 70.7 Å². The first-order valence-corrected chi connectivity index (χ1v) is 15.3. The Balaban J connectivity index is 0.000000519. The van der Waals surface area contributed by atoms with Crippen molar-refractivity contribution in [2.75, 3.05) is 32.5 Å². The third kappa shape index (κ3) is 7.84. The van der Waals surface area contributed by atoms with E-state index in [2.05, 4.69) is 85.0 Å². The van der Waals surface area contributed by atoms with Crippen LogP contribution in [0.4, 0.5) is 5.69 Å². The molecular weight excluding hydrogens is 480 g/mol. The minimum Gasteiger partial charge on any atom is -0.382 e. The number of fused-ring (bicyclic) bond motifs is 1. The van der Waals surface area contributed by atoms with Crippen molar-refractivity contribution in [3.63, 3.8) is 0 Å². The van der Waals surface area contributed by atoms with Gasteiger partial charge in [-0.05, 0) is 85.2 Å². The lowest BCUT2D eigenvalue weighted by Gasteiger charge is -2.40. The Kier molecular flexibility index (Phi) is 10.8. The van der Waals surface area contributed by atoms with Crippen LogP contribution < -0.4 is 10.6 Å². The lowest BCUT2D eigenvalue weighted by Crippen LogP contribution is -2.55. The lowest BCUT2D eigenvalue weighted by atomic mass is 9.90. The van der Waals surface area contributed by atoms with Crippen LogP contribution in [0.3, 0.4) is 0 Å². The van der Waals surface area contributed by atoms with Crippen molar-refractivity contribution >= 4 is 16.7 Å². The number of imidazole rings is 1. The zero-order valence-corrected chi connectivity index (χ0v) is 25.2. The van der Waals surface area contributed by atoms with Crippen LogP contribution in [0.15, 0.2) is 54.6 Å². The van der Waals surface area contributed by atoms with Gasteiger partial charge in [-0.1, -0.05) is 49.7 Å². The van der Waals surface area contributed by atoms with Crippen LogP contribution in [-0.2, 0) is 6.54 Å². The molecule has 2 aliphatic rings. The summed E-state index contributed by atoms with van der Waals surface area (Å²) in [5.74, 6) is 1.25. The molecule has 39 heavy (non-hydrogen) atoms. The van der Waals surface area contributed by atoms with Crippen molar-refractivity contribution in [3.05, 3.63) is 60.4 Å². The highest BCUT2D eigenvalue weighted by Crippen LogP contribution is 2.32. The van der Waals surface area contributed by atoms with E-state index >= 15 is 0 Å². The zero-order chi connectivity index (χ0) is 27.8. The maximum atomic E-state index is 5.27. The molecule has 6 nitrogen and oxygen atoms in total. The SMILES string of the molecule is CCCC(c1nc2cc(NC3CCC(N(C)C)CC3)ccc2n1CC)N1CC(C)NC(C)C1.c1ccccc1. The Morgan fingerprint density at radius 2 is 1.56 bits per heavy atom. The van der Waals surface area contributed by atoms with E-state index in [0.717, 1.165) is 37.6 Å². The fourth-order valence-electron chi connectivity index (χ4n) is 6.55. The van der Waals surface area contributed by atoms with Gasteiger partial charge in [0.05, 0.1) is 17.1 Å². The van der Waals surface area contributed by atoms with E-state index < -0.39 is 0 Å². The van der Waals surface area contributed by atoms with Gasteiger partial charge in [0.15, 0.2) is 0 Å². The Hall–Kier alpha value is -2.41. The van der Waals surface area contributed by atoms with E-state index in [1.165, 1.54) is 49.1 Å². The summed E-state index contributed by atoms with van der Waals surface area (Å²) < 4.78 is 2.46. The molecule has 1 aliphatic heterocycles. The standard InChI is InChI=1S/C27H46N6.C6H6/c1-7-9-26(32-17-19(3)28-20(4)18-32)27-30-24-16-22(12-15-25(24)33(27)8-2)29-21-10-13-23(14-11-21)31(5)6;1-2-4-6-5-3-1/h12,15-16,19-21,23,26,28-29H,7-11,13-14,17-18H2,1-6H3;1-6H. The molecule has 0 spiro atoms. The second-order valence-corrected chi connectivity index (χ2v) is 11.9. The Bertz CT molecular complexity index is 1080. The summed E-state index contributed by atoms with van der Waals surface area (Å²) in [5, 5.41) is 7.51. The zero-order valence-electron chi connectivity index (χ0n) is 25.2. The molecule has 2 aromatic carbocycles. The highest BCUT2D eigenvalue weighted by Gasteiger charge is 2.31. The Morgan fingerprint density at radius 3 is 2.10 bits per heavy atom. The van der Waals surface area contributed by atoms with Gasteiger partial charge in [0.1, 0.15) is 5.82 Å². The molecule has 2 heterocycles. The van der Waals surface area contributed by atoms with E-state index in [-0.39, 0.29) is 0 Å². The van der Waals surface area contributed by atoms with Gasteiger partial charge in [-0.25, -0.2) is 4.98 Å². The third-order valence-electron chi connectivity index (χ3n) is 8.45. The molecule has 1 aromatic heterocycles. The number of rotatable bonds is 8. The van der Waals surface area contributed by atoms with Gasteiger partial charge >= 0.3 is 0 Å². The summed E-state index contributed by atoms with van der Waals surface area (Å²) in [5.41, 5.74) is 3.63. The van der Waals surface area contributed by atoms with Crippen LogP contribution in [0, 0.1) is 0 Å². The van der Waals surface area contributed by atoms with E-state index in [1.54, 1.807) is 0 Å². The monoisotopic (exact) mass is 532 g/mol. The molecule has 5 rings (SSSR count). The molecule has 0 radical (unpaired) electrons. The quantitative estimate of drug-likeness (QED) is 0.344. The van der Waals surface area contributed by atoms with Crippen molar-refractivity contribution in [2.24, 2.45) is 0 Å². The number of anilines is 1. The molecule has 3 unspecified atom stereocenters. The number of nitrogens with one attached hydrogen (secondary N) is 2. The van der Waals surface area contributed by atoms with Gasteiger partial charge in [0.25, 0.3) is 0 Å². The number of aromatic nitrogens is 2. The molecule has 2 N–H and O–H groups in total. The summed E-state index contributed by atoms with van der Waals surface area (Å²) in [6, 6.07) is 21.6. The average Bonchev–Trinajstić information content (AvgIpc) is 3.30. The van der Waals surface area contributed by atoms with Crippen LogP contribution in [0.25, 0.3) is 11.0 Å². The summed E-state index contributed by atoms with van der Waals surface area (Å²) in [6.45, 7) is 12.3. The molecule has 3 aromatic rings. The van der Waals surface area contributed by atoms with Crippen LogP contribution >= 0.6 is 0 Å². The van der Waals surface area contributed by atoms with Crippen molar-refractivity contribution in [1.82, 2.24) is 24.7 Å². The van der Waals surface area contributed by atoms with Crippen molar-refractivity contribution < 1.29 is 0 Å². The number of nitrogens with zero attached hydrogens (tertiary/aromatic N) is 4. The number of hydrogen-bond donors (Lipinski definition) is 2. The van der Waals surface area contributed by atoms with Gasteiger partial charge in [-0.3, -0.25) is 4.90 Å². The smallest absolute Gasteiger partial charge is 0.127 e. The van der Waals surface area contributed by atoms with E-state index in [4.69, 9.17) is 4.98 Å². The fraction of sp³-hybridized carbons (Fsp3) is 0.606. The second-order valence-electron chi connectivity index (χ2n) is 11.9. The Morgan fingerprint density at radius 1 is 0.949 bits per heavy atom. The number of benzene rings is 2. The number of aryl methyl sites for hydroxylation is 1. The summed E-state index contributed by atoms with van der Waals surface area (Å²) >= 11 is 0. The fourth-order valence-corrected chi connectivity index (χ4v) is 6.55. The summed E-state index contributed by atoms with van der Waals surface area (Å²) in [7, 11) is 4.42. The predicted molar refractivity (Wildman–Crippen MR) is 166 cm³/mol. The summed E-state index contributed by atoms with van der Waals surface area (Å²) in [6.07, 6.45) is 7.38. The van der Waals surface area contributed by atoms with Gasteiger partial charge in [0, 0.05) is 49.5 Å². The van der Waals surface area contributed by atoms with Crippen molar-refractivity contribution in [1.29, 1.82) is 0 Å². The third-order valence-corrected chi connectivity index (χ3v) is 8.45. The lowest BCUT2D eigenvalue weighted by molar-refractivity contribution is 0.110. The van der Waals surface area contributed by atoms with Gasteiger partial charge in [-0.15, -0.1) is 0 Å². The predicted octanol–water partition coefficient (Wildman–Crippen LogP) is 6.55. The topological polar surface area (TPSA) is 48.4 Å². The first-order valence-electron chi connectivity index (χ1n) is 15.3. The molecule has 3 atom stereocenters. The van der Waals surface area contributed by atoms with E-state index in [1.807, 2.05) is 36.4 Å². The number of piperazine rings is 1. The molecule has 6 heteroatoms. The first kappa shape index (κ1) is 29.6. The molecule has 214 valence electrons. The molecule has 1 aliphatic carbocycles. The molecule has 2 fully saturated rings. The van der Waals surface area contributed by atoms with Crippen LogP contribution in [0.2, 0.25) is 0 Å². The molecule has 1 saturated carbocycles. The van der Waals surface area contributed by atoms with Crippen molar-refractivity contribution in [2.45, 2.75) is 103 Å². The maximum absolute atomic E-state index is 5.27. The minimum absolute atomic E-state index is 0.382. The summed E-state index contributed by atoms with van der Waals surface area (Å²) in [4.78, 5) is 10.3. The molecule has 0 amide bonds.